The minimum absolute atomic E-state index is 0.0203. The number of carboxylic acid groups (broad SMARTS) is 1. The van der Waals surface area contributed by atoms with Crippen LogP contribution in [0.4, 0.5) is 0 Å². The van der Waals surface area contributed by atoms with Crippen molar-refractivity contribution in [3.8, 4) is 0 Å². The van der Waals surface area contributed by atoms with Crippen molar-refractivity contribution in [1.29, 1.82) is 0 Å². The smallest absolute Gasteiger partial charge is 0.303 e. The molecule has 0 aliphatic carbocycles. The molecule has 0 amide bonds. The molecule has 1 N–H and O–H groups in total. The van der Waals surface area contributed by atoms with E-state index < -0.39 is 16.0 Å². The standard InChI is InChI=1S/C16H20N4O4S/c21-16(22)7-6-13-12-20(18-17-13)14-8-10-19(11-9-14)25(23,24)15-4-2-1-3-5-15/h1-5,12,14H,6-11H2,(H,21,22). The average molecular weight is 364 g/mol. The highest BCUT2D eigenvalue weighted by Crippen LogP contribution is 2.26. The summed E-state index contributed by atoms with van der Waals surface area (Å²) >= 11 is 0. The van der Waals surface area contributed by atoms with Gasteiger partial charge in [-0.15, -0.1) is 5.10 Å². The third-order valence-corrected chi connectivity index (χ3v) is 6.24. The number of aliphatic carboxylic acids is 1. The molecule has 1 aromatic carbocycles. The van der Waals surface area contributed by atoms with E-state index in [2.05, 4.69) is 10.3 Å². The highest BCUT2D eigenvalue weighted by Gasteiger charge is 2.30. The predicted octanol–water partition coefficient (Wildman–Crippen LogP) is 1.32. The van der Waals surface area contributed by atoms with Crippen molar-refractivity contribution in [1.82, 2.24) is 19.3 Å². The number of rotatable bonds is 6. The molecule has 1 aromatic heterocycles. The number of carbonyl (C=O) groups is 1. The summed E-state index contributed by atoms with van der Waals surface area (Å²) in [5.41, 5.74) is 0.640. The molecule has 8 nitrogen and oxygen atoms in total. The van der Waals surface area contributed by atoms with Gasteiger partial charge in [0.25, 0.3) is 0 Å². The Labute approximate surface area is 146 Å². The van der Waals surface area contributed by atoms with Crippen LogP contribution in [0.3, 0.4) is 0 Å². The van der Waals surface area contributed by atoms with E-state index in [4.69, 9.17) is 5.11 Å². The number of hydrogen-bond acceptors (Lipinski definition) is 5. The fourth-order valence-corrected chi connectivity index (χ4v) is 4.42. The van der Waals surface area contributed by atoms with Gasteiger partial charge in [0.05, 0.1) is 23.1 Å². The first kappa shape index (κ1) is 17.6. The Morgan fingerprint density at radius 3 is 2.52 bits per heavy atom. The number of aromatic nitrogens is 3. The molecule has 0 spiro atoms. The average Bonchev–Trinajstić information content (AvgIpc) is 3.10. The fourth-order valence-electron chi connectivity index (χ4n) is 2.93. The Morgan fingerprint density at radius 1 is 1.20 bits per heavy atom. The summed E-state index contributed by atoms with van der Waals surface area (Å²) in [6.45, 7) is 0.846. The van der Waals surface area contributed by atoms with Gasteiger partial charge in [-0.1, -0.05) is 23.4 Å². The van der Waals surface area contributed by atoms with E-state index in [0.29, 0.717) is 42.9 Å². The number of aryl methyl sites for hydroxylation is 1. The van der Waals surface area contributed by atoms with E-state index in [1.165, 1.54) is 4.31 Å². The summed E-state index contributed by atoms with van der Waals surface area (Å²) in [5.74, 6) is -0.867. The van der Waals surface area contributed by atoms with Crippen molar-refractivity contribution >= 4 is 16.0 Å². The van der Waals surface area contributed by atoms with Crippen molar-refractivity contribution in [3.63, 3.8) is 0 Å². The molecule has 0 unspecified atom stereocenters. The summed E-state index contributed by atoms with van der Waals surface area (Å²) in [6, 6.07) is 8.51. The van der Waals surface area contributed by atoms with Crippen molar-refractivity contribution < 1.29 is 18.3 Å². The van der Waals surface area contributed by atoms with Crippen molar-refractivity contribution in [2.45, 2.75) is 36.6 Å². The van der Waals surface area contributed by atoms with Gasteiger partial charge in [-0.3, -0.25) is 4.79 Å². The quantitative estimate of drug-likeness (QED) is 0.829. The highest BCUT2D eigenvalue weighted by atomic mass is 32.2. The van der Waals surface area contributed by atoms with Crippen LogP contribution in [-0.2, 0) is 21.2 Å². The second-order valence-electron chi connectivity index (χ2n) is 6.03. The molecule has 0 saturated carbocycles. The van der Waals surface area contributed by atoms with Crippen LogP contribution in [0.25, 0.3) is 0 Å². The Balaban J connectivity index is 1.61. The van der Waals surface area contributed by atoms with Gasteiger partial charge >= 0.3 is 5.97 Å². The number of piperidine rings is 1. The normalized spacial score (nSPS) is 16.8. The van der Waals surface area contributed by atoms with Crippen LogP contribution < -0.4 is 0 Å². The molecule has 25 heavy (non-hydrogen) atoms. The molecule has 2 aromatic rings. The lowest BCUT2D eigenvalue weighted by atomic mass is 10.1. The summed E-state index contributed by atoms with van der Waals surface area (Å²) in [7, 11) is -3.46. The van der Waals surface area contributed by atoms with Gasteiger partial charge < -0.3 is 5.11 Å². The Morgan fingerprint density at radius 2 is 1.88 bits per heavy atom. The summed E-state index contributed by atoms with van der Waals surface area (Å²) < 4.78 is 28.5. The third kappa shape index (κ3) is 4.05. The summed E-state index contributed by atoms with van der Waals surface area (Å²) in [6.07, 6.45) is 3.42. The van der Waals surface area contributed by atoms with Crippen LogP contribution in [0.1, 0.15) is 31.0 Å². The van der Waals surface area contributed by atoms with Crippen LogP contribution >= 0.6 is 0 Å². The lowest BCUT2D eigenvalue weighted by Gasteiger charge is -2.31. The Hall–Kier alpha value is -2.26. The maximum atomic E-state index is 12.6. The van der Waals surface area contributed by atoms with Crippen molar-refractivity contribution in [2.75, 3.05) is 13.1 Å². The van der Waals surface area contributed by atoms with Crippen LogP contribution in [0.2, 0.25) is 0 Å². The second-order valence-corrected chi connectivity index (χ2v) is 7.97. The van der Waals surface area contributed by atoms with Crippen LogP contribution in [0.5, 0.6) is 0 Å². The predicted molar refractivity (Wildman–Crippen MR) is 89.5 cm³/mol. The van der Waals surface area contributed by atoms with E-state index in [0.717, 1.165) is 0 Å². The molecular formula is C16H20N4O4S. The fraction of sp³-hybridized carbons (Fsp3) is 0.438. The molecular weight excluding hydrogens is 344 g/mol. The van der Waals surface area contributed by atoms with Gasteiger partial charge in [0.2, 0.25) is 10.0 Å². The molecule has 0 radical (unpaired) electrons. The van der Waals surface area contributed by atoms with Crippen molar-refractivity contribution in [2.24, 2.45) is 0 Å². The molecule has 1 aliphatic heterocycles. The lowest BCUT2D eigenvalue weighted by molar-refractivity contribution is -0.136. The maximum Gasteiger partial charge on any atom is 0.303 e. The van der Waals surface area contributed by atoms with Crippen LogP contribution in [0.15, 0.2) is 41.4 Å². The van der Waals surface area contributed by atoms with Gasteiger partial charge in [0.15, 0.2) is 0 Å². The molecule has 1 saturated heterocycles. The lowest BCUT2D eigenvalue weighted by Crippen LogP contribution is -2.39. The van der Waals surface area contributed by atoms with E-state index in [9.17, 15) is 13.2 Å². The van der Waals surface area contributed by atoms with Gasteiger partial charge in [-0.25, -0.2) is 13.1 Å². The monoisotopic (exact) mass is 364 g/mol. The van der Waals surface area contributed by atoms with E-state index in [1.807, 2.05) is 0 Å². The highest BCUT2D eigenvalue weighted by molar-refractivity contribution is 7.89. The first-order valence-electron chi connectivity index (χ1n) is 8.14. The Kier molecular flexibility index (Phi) is 5.14. The second kappa shape index (κ2) is 7.32. The minimum Gasteiger partial charge on any atom is -0.481 e. The topological polar surface area (TPSA) is 105 Å². The number of carboxylic acids is 1. The Bertz CT molecular complexity index is 827. The zero-order valence-electron chi connectivity index (χ0n) is 13.7. The first-order valence-corrected chi connectivity index (χ1v) is 9.58. The SMILES string of the molecule is O=C(O)CCc1cn(C2CCN(S(=O)(=O)c3ccccc3)CC2)nn1. The van der Waals surface area contributed by atoms with Gasteiger partial charge in [0.1, 0.15) is 0 Å². The molecule has 0 atom stereocenters. The van der Waals surface area contributed by atoms with E-state index in [1.54, 1.807) is 41.2 Å². The zero-order chi connectivity index (χ0) is 17.9. The molecule has 3 rings (SSSR count). The minimum atomic E-state index is -3.46. The van der Waals surface area contributed by atoms with Crippen molar-refractivity contribution in [3.05, 3.63) is 42.2 Å². The molecule has 9 heteroatoms. The number of hydrogen-bond donors (Lipinski definition) is 1. The summed E-state index contributed by atoms with van der Waals surface area (Å²) in [5, 5.41) is 16.8. The molecule has 1 fully saturated rings. The van der Waals surface area contributed by atoms with E-state index in [-0.39, 0.29) is 12.5 Å². The van der Waals surface area contributed by atoms with Crippen LogP contribution in [-0.4, -0.2) is 51.9 Å². The van der Waals surface area contributed by atoms with E-state index >= 15 is 0 Å². The van der Waals surface area contributed by atoms with Gasteiger partial charge in [0, 0.05) is 25.7 Å². The van der Waals surface area contributed by atoms with Gasteiger partial charge in [-0.2, -0.15) is 4.31 Å². The molecule has 0 bridgehead atoms. The molecule has 134 valence electrons. The third-order valence-electron chi connectivity index (χ3n) is 4.33. The summed E-state index contributed by atoms with van der Waals surface area (Å²) in [4.78, 5) is 10.9. The molecule has 1 aliphatic rings. The van der Waals surface area contributed by atoms with Crippen LogP contribution in [0, 0.1) is 0 Å². The number of benzene rings is 1. The van der Waals surface area contributed by atoms with Gasteiger partial charge in [-0.05, 0) is 25.0 Å². The first-order chi connectivity index (χ1) is 12.0. The number of sulfonamides is 1. The number of nitrogens with zero attached hydrogens (tertiary/aromatic N) is 4. The largest absolute Gasteiger partial charge is 0.481 e. The maximum absolute atomic E-state index is 12.6. The molecule has 2 heterocycles. The zero-order valence-corrected chi connectivity index (χ0v) is 14.5.